The van der Waals surface area contributed by atoms with Crippen LogP contribution in [0.25, 0.3) is 0 Å². The highest BCUT2D eigenvalue weighted by Crippen LogP contribution is 2.17. The topological polar surface area (TPSA) is 72.2 Å². The van der Waals surface area contributed by atoms with E-state index in [0.717, 1.165) is 0 Å². The van der Waals surface area contributed by atoms with Gasteiger partial charge in [-0.25, -0.2) is 9.18 Å². The van der Waals surface area contributed by atoms with E-state index in [0.29, 0.717) is 44.3 Å². The highest BCUT2D eigenvalue weighted by Gasteiger charge is 2.27. The highest BCUT2D eigenvalue weighted by atomic mass is 19.1. The number of ether oxygens (including phenoxy) is 2. The van der Waals surface area contributed by atoms with Gasteiger partial charge < -0.3 is 23.7 Å². The van der Waals surface area contributed by atoms with Gasteiger partial charge in [0.2, 0.25) is 0 Å². The van der Waals surface area contributed by atoms with Crippen molar-refractivity contribution in [1.29, 1.82) is 0 Å². The number of furan rings is 1. The normalized spacial score (nSPS) is 14.2. The summed E-state index contributed by atoms with van der Waals surface area (Å²) in [4.78, 5) is 27.9. The Hall–Kier alpha value is -3.03. The molecule has 2 heterocycles. The summed E-state index contributed by atoms with van der Waals surface area (Å²) in [5.74, 6) is 0.940. The van der Waals surface area contributed by atoms with Gasteiger partial charge in [-0.2, -0.15) is 0 Å². The molecule has 0 unspecified atom stereocenters. The third-order valence-electron chi connectivity index (χ3n) is 4.43. The van der Waals surface area contributed by atoms with E-state index in [1.807, 2.05) is 13.8 Å². The number of nitrogens with zero attached hydrogens (tertiary/aromatic N) is 2. The summed E-state index contributed by atoms with van der Waals surface area (Å²) >= 11 is 0. The zero-order valence-electron chi connectivity index (χ0n) is 16.6. The minimum atomic E-state index is -0.343. The molecule has 0 saturated carbocycles. The number of halogens is 1. The number of amides is 2. The number of piperazine rings is 1. The summed E-state index contributed by atoms with van der Waals surface area (Å²) in [5, 5.41) is 0. The molecule has 0 bridgehead atoms. The molecule has 1 aromatic carbocycles. The van der Waals surface area contributed by atoms with Gasteiger partial charge in [-0.15, -0.1) is 0 Å². The predicted octanol–water partition coefficient (Wildman–Crippen LogP) is 3.55. The minimum absolute atomic E-state index is 0.133. The Morgan fingerprint density at radius 2 is 1.69 bits per heavy atom. The summed E-state index contributed by atoms with van der Waals surface area (Å²) < 4.78 is 29.2. The van der Waals surface area contributed by atoms with Crippen LogP contribution >= 0.6 is 0 Å². The fraction of sp³-hybridized carbons (Fsp3) is 0.429. The molecule has 0 radical (unpaired) electrons. The quantitative estimate of drug-likeness (QED) is 0.736. The van der Waals surface area contributed by atoms with E-state index in [4.69, 9.17) is 13.9 Å². The van der Waals surface area contributed by atoms with E-state index in [1.165, 1.54) is 24.3 Å². The molecule has 1 aromatic heterocycles. The molecule has 29 heavy (non-hydrogen) atoms. The second-order valence-corrected chi connectivity index (χ2v) is 7.26. The van der Waals surface area contributed by atoms with Crippen LogP contribution in [0.4, 0.5) is 9.18 Å². The van der Waals surface area contributed by atoms with Crippen molar-refractivity contribution in [2.75, 3.05) is 32.8 Å². The van der Waals surface area contributed by atoms with Crippen molar-refractivity contribution in [1.82, 2.24) is 9.80 Å². The molecule has 1 saturated heterocycles. The average molecular weight is 404 g/mol. The zero-order chi connectivity index (χ0) is 20.8. The van der Waals surface area contributed by atoms with Crippen LogP contribution in [-0.4, -0.2) is 54.6 Å². The van der Waals surface area contributed by atoms with E-state index >= 15 is 0 Å². The first-order chi connectivity index (χ1) is 13.9. The Labute approximate surface area is 169 Å². The van der Waals surface area contributed by atoms with Crippen LogP contribution in [0.1, 0.15) is 30.2 Å². The van der Waals surface area contributed by atoms with Gasteiger partial charge in [0.05, 0.1) is 6.61 Å². The fourth-order valence-electron chi connectivity index (χ4n) is 2.83. The molecule has 8 heteroatoms. The molecule has 1 aliphatic rings. The second kappa shape index (κ2) is 9.45. The lowest BCUT2D eigenvalue weighted by Gasteiger charge is -2.33. The van der Waals surface area contributed by atoms with Crippen molar-refractivity contribution in [2.45, 2.75) is 20.5 Å². The van der Waals surface area contributed by atoms with Gasteiger partial charge in [0.25, 0.3) is 5.91 Å². The van der Waals surface area contributed by atoms with Gasteiger partial charge in [0, 0.05) is 26.2 Å². The van der Waals surface area contributed by atoms with Gasteiger partial charge in [-0.3, -0.25) is 4.79 Å². The molecule has 0 N–H and O–H groups in total. The van der Waals surface area contributed by atoms with Crippen LogP contribution < -0.4 is 4.74 Å². The smallest absolute Gasteiger partial charge is 0.409 e. The van der Waals surface area contributed by atoms with Crippen LogP contribution in [0.5, 0.6) is 5.75 Å². The number of rotatable bonds is 6. The molecule has 0 aliphatic carbocycles. The number of hydrogen-bond acceptors (Lipinski definition) is 5. The van der Waals surface area contributed by atoms with Crippen molar-refractivity contribution in [2.24, 2.45) is 5.92 Å². The first kappa shape index (κ1) is 20.7. The maximum absolute atomic E-state index is 12.9. The maximum atomic E-state index is 12.9. The SMILES string of the molecule is CC(C)COC(=O)N1CCN(C(=O)c2ccc(COc3ccc(F)cc3)o2)CC1. The van der Waals surface area contributed by atoms with E-state index < -0.39 is 0 Å². The van der Waals surface area contributed by atoms with Gasteiger partial charge >= 0.3 is 6.09 Å². The lowest BCUT2D eigenvalue weighted by Crippen LogP contribution is -2.50. The van der Waals surface area contributed by atoms with Crippen LogP contribution in [0.15, 0.2) is 40.8 Å². The summed E-state index contributed by atoms with van der Waals surface area (Å²) in [6, 6.07) is 8.95. The molecule has 0 spiro atoms. The van der Waals surface area contributed by atoms with Gasteiger partial charge in [0.15, 0.2) is 5.76 Å². The van der Waals surface area contributed by atoms with Gasteiger partial charge in [-0.05, 0) is 42.3 Å². The molecule has 2 amide bonds. The first-order valence-corrected chi connectivity index (χ1v) is 9.60. The zero-order valence-corrected chi connectivity index (χ0v) is 16.6. The Kier molecular flexibility index (Phi) is 6.74. The molecular formula is C21H25FN2O5. The fourth-order valence-corrected chi connectivity index (χ4v) is 2.83. The maximum Gasteiger partial charge on any atom is 0.409 e. The second-order valence-electron chi connectivity index (χ2n) is 7.26. The first-order valence-electron chi connectivity index (χ1n) is 9.60. The van der Waals surface area contributed by atoms with Crippen molar-refractivity contribution in [3.63, 3.8) is 0 Å². The summed E-state index contributed by atoms with van der Waals surface area (Å²) in [5.41, 5.74) is 0. The minimum Gasteiger partial charge on any atom is -0.486 e. The lowest BCUT2D eigenvalue weighted by molar-refractivity contribution is 0.0512. The number of hydrogen-bond donors (Lipinski definition) is 0. The molecule has 7 nitrogen and oxygen atoms in total. The standard InChI is InChI=1S/C21H25FN2O5/c1-15(2)13-28-21(26)24-11-9-23(10-12-24)20(25)19-8-7-18(29-19)14-27-17-5-3-16(22)4-6-17/h3-8,15H,9-14H2,1-2H3. The van der Waals surface area contributed by atoms with Crippen LogP contribution in [0.2, 0.25) is 0 Å². The van der Waals surface area contributed by atoms with Crippen molar-refractivity contribution < 1.29 is 27.9 Å². The van der Waals surface area contributed by atoms with Gasteiger partial charge in [0.1, 0.15) is 23.9 Å². The molecule has 2 aromatic rings. The van der Waals surface area contributed by atoms with E-state index in [1.54, 1.807) is 21.9 Å². The summed E-state index contributed by atoms with van der Waals surface area (Å²) in [6.45, 7) is 6.14. The van der Waals surface area contributed by atoms with Gasteiger partial charge in [-0.1, -0.05) is 13.8 Å². The van der Waals surface area contributed by atoms with E-state index in [9.17, 15) is 14.0 Å². The molecule has 0 atom stereocenters. The number of benzene rings is 1. The predicted molar refractivity (Wildman–Crippen MR) is 103 cm³/mol. The van der Waals surface area contributed by atoms with Crippen LogP contribution in [0.3, 0.4) is 0 Å². The Morgan fingerprint density at radius 3 is 2.34 bits per heavy atom. The third-order valence-corrected chi connectivity index (χ3v) is 4.43. The molecule has 1 aliphatic heterocycles. The largest absolute Gasteiger partial charge is 0.486 e. The third kappa shape index (κ3) is 5.73. The highest BCUT2D eigenvalue weighted by molar-refractivity contribution is 5.91. The average Bonchev–Trinajstić information content (AvgIpc) is 3.20. The Bertz CT molecular complexity index is 826. The van der Waals surface area contributed by atoms with Crippen LogP contribution in [-0.2, 0) is 11.3 Å². The Balaban J connectivity index is 1.47. The molecular weight excluding hydrogens is 379 g/mol. The van der Waals surface area contributed by atoms with E-state index in [2.05, 4.69) is 0 Å². The van der Waals surface area contributed by atoms with Crippen molar-refractivity contribution in [3.8, 4) is 5.75 Å². The van der Waals surface area contributed by atoms with Crippen LogP contribution in [0, 0.1) is 11.7 Å². The number of carbonyl (C=O) groups is 2. The number of carbonyl (C=O) groups excluding carboxylic acids is 2. The van der Waals surface area contributed by atoms with Crippen molar-refractivity contribution in [3.05, 3.63) is 53.7 Å². The summed E-state index contributed by atoms with van der Waals surface area (Å²) in [7, 11) is 0. The lowest BCUT2D eigenvalue weighted by atomic mass is 10.2. The molecule has 1 fully saturated rings. The molecule has 156 valence electrons. The van der Waals surface area contributed by atoms with E-state index in [-0.39, 0.29) is 36.1 Å². The van der Waals surface area contributed by atoms with Crippen molar-refractivity contribution >= 4 is 12.0 Å². The monoisotopic (exact) mass is 404 g/mol. The Morgan fingerprint density at radius 1 is 1.03 bits per heavy atom. The molecule has 3 rings (SSSR count). The summed E-state index contributed by atoms with van der Waals surface area (Å²) in [6.07, 6.45) is -0.343.